The Kier molecular flexibility index (Phi) is 6.97. The van der Waals surface area contributed by atoms with Crippen molar-refractivity contribution in [3.05, 3.63) is 77.4 Å². The molecule has 34 heavy (non-hydrogen) atoms. The van der Waals surface area contributed by atoms with Crippen molar-refractivity contribution in [2.45, 2.75) is 24.9 Å². The lowest BCUT2D eigenvalue weighted by atomic mass is 10.0. The van der Waals surface area contributed by atoms with Crippen LogP contribution in [0.5, 0.6) is 0 Å². The Morgan fingerprint density at radius 2 is 1.79 bits per heavy atom. The molecular weight excluding hydrogens is 440 g/mol. The zero-order chi connectivity index (χ0) is 24.4. The first-order valence-corrected chi connectivity index (χ1v) is 11.4. The van der Waals surface area contributed by atoms with Gasteiger partial charge in [0.05, 0.1) is 6.04 Å². The van der Waals surface area contributed by atoms with Gasteiger partial charge in [-0.2, -0.15) is 0 Å². The van der Waals surface area contributed by atoms with E-state index >= 15 is 0 Å². The van der Waals surface area contributed by atoms with Gasteiger partial charge in [0, 0.05) is 25.2 Å². The lowest BCUT2D eigenvalue weighted by molar-refractivity contribution is -0.137. The number of carbonyl (C=O) groups excluding carboxylic acids is 1. The smallest absolute Gasteiger partial charge is 0.408 e. The number of carbonyl (C=O) groups is 2. The fourth-order valence-corrected chi connectivity index (χ4v) is 4.51. The van der Waals surface area contributed by atoms with E-state index in [1.54, 1.807) is 11.0 Å². The first kappa shape index (κ1) is 23.9. The number of nitrogens with zero attached hydrogens (tertiary/aromatic N) is 3. The molecule has 2 aromatic rings. The molecule has 0 aromatic heterocycles. The maximum atomic E-state index is 14.6. The number of hydrogen-bond donors (Lipinski definition) is 1. The van der Waals surface area contributed by atoms with Gasteiger partial charge in [-0.1, -0.05) is 36.4 Å². The molecule has 1 saturated carbocycles. The van der Waals surface area contributed by atoms with E-state index in [1.165, 1.54) is 4.90 Å². The Balaban J connectivity index is 1.69. The number of carboxylic acid groups (broad SMARTS) is 1. The van der Waals surface area contributed by atoms with E-state index in [9.17, 15) is 23.5 Å². The van der Waals surface area contributed by atoms with Crippen molar-refractivity contribution >= 4 is 17.6 Å². The zero-order valence-corrected chi connectivity index (χ0v) is 19.3. The van der Waals surface area contributed by atoms with E-state index in [0.717, 1.165) is 36.6 Å². The van der Waals surface area contributed by atoms with E-state index < -0.39 is 29.8 Å². The Labute approximate surface area is 198 Å². The molecule has 180 valence electrons. The molecule has 8 heteroatoms. The summed E-state index contributed by atoms with van der Waals surface area (Å²) in [5.41, 5.74) is 1.44. The lowest BCUT2D eigenvalue weighted by Crippen LogP contribution is -2.53. The van der Waals surface area contributed by atoms with Gasteiger partial charge >= 0.3 is 6.09 Å². The minimum Gasteiger partial charge on any atom is -0.465 e. The lowest BCUT2D eigenvalue weighted by Gasteiger charge is -2.35. The van der Waals surface area contributed by atoms with Crippen LogP contribution in [-0.2, 0) is 4.79 Å². The Bertz CT molecular complexity index is 1090. The molecule has 0 saturated heterocycles. The van der Waals surface area contributed by atoms with Gasteiger partial charge in [-0.15, -0.1) is 0 Å². The molecule has 2 aliphatic rings. The first-order chi connectivity index (χ1) is 16.3. The van der Waals surface area contributed by atoms with Crippen LogP contribution in [-0.4, -0.2) is 71.6 Å². The first-order valence-electron chi connectivity index (χ1n) is 11.4. The quantitative estimate of drug-likeness (QED) is 0.628. The largest absolute Gasteiger partial charge is 0.465 e. The van der Waals surface area contributed by atoms with Crippen molar-refractivity contribution in [2.24, 2.45) is 5.92 Å². The van der Waals surface area contributed by atoms with Crippen molar-refractivity contribution in [1.29, 1.82) is 0 Å². The van der Waals surface area contributed by atoms with Crippen LogP contribution in [0, 0.1) is 17.6 Å². The van der Waals surface area contributed by atoms with E-state index in [0.29, 0.717) is 12.1 Å². The van der Waals surface area contributed by atoms with E-state index in [2.05, 4.69) is 0 Å². The maximum Gasteiger partial charge on any atom is 0.408 e. The molecule has 1 fully saturated rings. The standard InChI is InChI=1S/C26H29F2N3O3/c1-29(2)12-13-30(26(33)34)24(18-8-9-18)25(32)31-16-19(21-15-20(27)10-11-22(21)28)14-23(31)17-6-4-3-5-7-17/h3-7,10-11,14-15,18,23-24H,8-9,12-13,16H2,1-2H3,(H,33,34)/t23-,24-/m0/s1. The number of benzene rings is 2. The van der Waals surface area contributed by atoms with Crippen molar-refractivity contribution in [3.63, 3.8) is 0 Å². The monoisotopic (exact) mass is 469 g/mol. The van der Waals surface area contributed by atoms with Crippen molar-refractivity contribution < 1.29 is 23.5 Å². The number of halogens is 2. The summed E-state index contributed by atoms with van der Waals surface area (Å²) in [5, 5.41) is 9.94. The van der Waals surface area contributed by atoms with Crippen LogP contribution in [0.4, 0.5) is 13.6 Å². The van der Waals surface area contributed by atoms with E-state index in [4.69, 9.17) is 0 Å². The highest BCUT2D eigenvalue weighted by Crippen LogP contribution is 2.41. The van der Waals surface area contributed by atoms with Crippen molar-refractivity contribution in [2.75, 3.05) is 33.7 Å². The van der Waals surface area contributed by atoms with Crippen LogP contribution >= 0.6 is 0 Å². The molecule has 0 spiro atoms. The molecule has 0 unspecified atom stereocenters. The van der Waals surface area contributed by atoms with Crippen LogP contribution in [0.25, 0.3) is 5.57 Å². The summed E-state index contributed by atoms with van der Waals surface area (Å²) >= 11 is 0. The molecular formula is C26H29F2N3O3. The third-order valence-corrected chi connectivity index (χ3v) is 6.43. The second-order valence-electron chi connectivity index (χ2n) is 9.20. The van der Waals surface area contributed by atoms with E-state index in [1.807, 2.05) is 49.3 Å². The van der Waals surface area contributed by atoms with Crippen LogP contribution < -0.4 is 0 Å². The Morgan fingerprint density at radius 1 is 1.09 bits per heavy atom. The molecule has 4 rings (SSSR count). The molecule has 0 bridgehead atoms. The molecule has 0 radical (unpaired) electrons. The summed E-state index contributed by atoms with van der Waals surface area (Å²) in [6, 6.07) is 11.3. The summed E-state index contributed by atoms with van der Waals surface area (Å²) < 4.78 is 28.5. The third kappa shape index (κ3) is 5.12. The van der Waals surface area contributed by atoms with Gasteiger partial charge in [0.25, 0.3) is 0 Å². The Hall–Kier alpha value is -3.26. The molecule has 2 atom stereocenters. The van der Waals surface area contributed by atoms with Crippen LogP contribution in [0.2, 0.25) is 0 Å². The van der Waals surface area contributed by atoms with Crippen molar-refractivity contribution in [1.82, 2.24) is 14.7 Å². The summed E-state index contributed by atoms with van der Waals surface area (Å²) in [5.74, 6) is -1.47. The normalized spacial score (nSPS) is 18.7. The van der Waals surface area contributed by atoms with Gasteiger partial charge in [-0.25, -0.2) is 13.6 Å². The zero-order valence-electron chi connectivity index (χ0n) is 19.3. The van der Waals surface area contributed by atoms with Gasteiger partial charge in [0.2, 0.25) is 5.91 Å². The third-order valence-electron chi connectivity index (χ3n) is 6.43. The van der Waals surface area contributed by atoms with Gasteiger partial charge < -0.3 is 14.9 Å². The number of hydrogen-bond acceptors (Lipinski definition) is 3. The Morgan fingerprint density at radius 3 is 2.41 bits per heavy atom. The molecule has 1 heterocycles. The minimum atomic E-state index is -1.13. The molecule has 1 aliphatic heterocycles. The van der Waals surface area contributed by atoms with E-state index in [-0.39, 0.29) is 30.5 Å². The highest BCUT2D eigenvalue weighted by Gasteiger charge is 2.46. The molecule has 1 aliphatic carbocycles. The average Bonchev–Trinajstić information content (AvgIpc) is 3.54. The number of amides is 2. The molecule has 2 aromatic carbocycles. The van der Waals surface area contributed by atoms with Gasteiger partial charge in [-0.05, 0) is 62.2 Å². The number of likely N-dealkylation sites (N-methyl/N-ethyl adjacent to an activating group) is 1. The highest BCUT2D eigenvalue weighted by atomic mass is 19.1. The van der Waals surface area contributed by atoms with Crippen LogP contribution in [0.3, 0.4) is 0 Å². The molecule has 1 N–H and O–H groups in total. The summed E-state index contributed by atoms with van der Waals surface area (Å²) in [4.78, 5) is 30.8. The summed E-state index contributed by atoms with van der Waals surface area (Å²) in [6.07, 6.45) is 2.21. The highest BCUT2D eigenvalue weighted by molar-refractivity contribution is 5.89. The van der Waals surface area contributed by atoms with Gasteiger partial charge in [0.15, 0.2) is 0 Å². The fraction of sp³-hybridized carbons (Fsp3) is 0.385. The van der Waals surface area contributed by atoms with Crippen molar-refractivity contribution in [3.8, 4) is 0 Å². The second-order valence-corrected chi connectivity index (χ2v) is 9.20. The fourth-order valence-electron chi connectivity index (χ4n) is 4.51. The SMILES string of the molecule is CN(C)CCN(C(=O)O)[C@H](C(=O)N1CC(c2cc(F)ccc2F)=C[C@H]1c1ccccc1)C1CC1. The predicted octanol–water partition coefficient (Wildman–Crippen LogP) is 4.25. The number of rotatable bonds is 8. The molecule has 6 nitrogen and oxygen atoms in total. The maximum absolute atomic E-state index is 14.6. The van der Waals surface area contributed by atoms with Gasteiger partial charge in [-0.3, -0.25) is 9.69 Å². The summed E-state index contributed by atoms with van der Waals surface area (Å²) in [6.45, 7) is 0.768. The molecule has 2 amide bonds. The van der Waals surface area contributed by atoms with Crippen LogP contribution in [0.15, 0.2) is 54.6 Å². The second kappa shape index (κ2) is 9.93. The summed E-state index contributed by atoms with van der Waals surface area (Å²) in [7, 11) is 3.70. The predicted molar refractivity (Wildman–Crippen MR) is 125 cm³/mol. The minimum absolute atomic E-state index is 0.0443. The topological polar surface area (TPSA) is 64.1 Å². The van der Waals surface area contributed by atoms with Crippen LogP contribution in [0.1, 0.15) is 30.0 Å². The van der Waals surface area contributed by atoms with Gasteiger partial charge in [0.1, 0.15) is 17.7 Å². The average molecular weight is 470 g/mol.